The molecule has 2 saturated heterocycles. The summed E-state index contributed by atoms with van der Waals surface area (Å²) in [4.78, 5) is 25.5. The van der Waals surface area contributed by atoms with Crippen LogP contribution in [0.25, 0.3) is 0 Å². The summed E-state index contributed by atoms with van der Waals surface area (Å²) >= 11 is 1.90. The normalized spacial score (nSPS) is 19.6. The van der Waals surface area contributed by atoms with Crippen LogP contribution in [0.4, 0.5) is 5.82 Å². The highest BCUT2D eigenvalue weighted by atomic mass is 32.2. The molecular weight excluding hydrogens is 322 g/mol. The van der Waals surface area contributed by atoms with Gasteiger partial charge in [0.25, 0.3) is 5.91 Å². The zero-order chi connectivity index (χ0) is 16.8. The number of amides is 1. The molecule has 0 radical (unpaired) electrons. The Morgan fingerprint density at radius 1 is 1.25 bits per heavy atom. The van der Waals surface area contributed by atoms with Gasteiger partial charge in [-0.2, -0.15) is 11.8 Å². The predicted octanol–water partition coefficient (Wildman–Crippen LogP) is 1.95. The maximum atomic E-state index is 12.4. The largest absolute Gasteiger partial charge is 0.366 e. The molecule has 1 amide bonds. The lowest BCUT2D eigenvalue weighted by atomic mass is 10.1. The summed E-state index contributed by atoms with van der Waals surface area (Å²) in [7, 11) is 0. The number of likely N-dealkylation sites (tertiary alicyclic amines) is 2. The fraction of sp³-hybridized carbons (Fsp3) is 0.706. The highest BCUT2D eigenvalue weighted by molar-refractivity contribution is 7.98. The highest BCUT2D eigenvalue weighted by Crippen LogP contribution is 2.16. The molecule has 24 heavy (non-hydrogen) atoms. The Bertz CT molecular complexity index is 542. The lowest BCUT2D eigenvalue weighted by molar-refractivity contribution is 0.0786. The summed E-state index contributed by atoms with van der Waals surface area (Å²) in [6, 6.07) is 0.418. The van der Waals surface area contributed by atoms with Crippen LogP contribution in [-0.2, 0) is 0 Å². The number of anilines is 1. The Hall–Kier alpha value is -1.34. The van der Waals surface area contributed by atoms with E-state index >= 15 is 0 Å². The third kappa shape index (κ3) is 4.60. The molecule has 3 heterocycles. The summed E-state index contributed by atoms with van der Waals surface area (Å²) < 4.78 is 0. The number of rotatable bonds is 6. The van der Waals surface area contributed by atoms with Gasteiger partial charge >= 0.3 is 0 Å². The van der Waals surface area contributed by atoms with Gasteiger partial charge < -0.3 is 15.1 Å². The van der Waals surface area contributed by atoms with Gasteiger partial charge in [0.1, 0.15) is 11.5 Å². The van der Waals surface area contributed by atoms with Crippen molar-refractivity contribution in [3.63, 3.8) is 0 Å². The van der Waals surface area contributed by atoms with E-state index in [4.69, 9.17) is 0 Å². The Kier molecular flexibility index (Phi) is 6.31. The molecule has 2 fully saturated rings. The predicted molar refractivity (Wildman–Crippen MR) is 98.6 cm³/mol. The smallest absolute Gasteiger partial charge is 0.274 e. The molecular formula is C17H27N5OS. The molecule has 0 atom stereocenters. The van der Waals surface area contributed by atoms with Crippen LogP contribution in [0.2, 0.25) is 0 Å². The second kappa shape index (κ2) is 8.67. The zero-order valence-corrected chi connectivity index (χ0v) is 15.2. The highest BCUT2D eigenvalue weighted by Gasteiger charge is 2.22. The van der Waals surface area contributed by atoms with Gasteiger partial charge in [-0.1, -0.05) is 0 Å². The second-order valence-electron chi connectivity index (χ2n) is 6.54. The number of thioether (sulfide) groups is 1. The molecule has 132 valence electrons. The molecule has 0 bridgehead atoms. The van der Waals surface area contributed by atoms with Crippen molar-refractivity contribution < 1.29 is 4.79 Å². The van der Waals surface area contributed by atoms with Gasteiger partial charge in [-0.25, -0.2) is 4.98 Å². The molecule has 0 saturated carbocycles. The van der Waals surface area contributed by atoms with Gasteiger partial charge in [0.15, 0.2) is 0 Å². The molecule has 0 aliphatic carbocycles. The molecule has 1 aromatic heterocycles. The van der Waals surface area contributed by atoms with Crippen molar-refractivity contribution in [3.05, 3.63) is 18.1 Å². The average molecular weight is 350 g/mol. The molecule has 6 nitrogen and oxygen atoms in total. The fourth-order valence-electron chi connectivity index (χ4n) is 3.35. The molecule has 2 aliphatic heterocycles. The summed E-state index contributed by atoms with van der Waals surface area (Å²) in [5.41, 5.74) is 0.458. The minimum Gasteiger partial charge on any atom is -0.366 e. The van der Waals surface area contributed by atoms with Crippen LogP contribution < -0.4 is 5.32 Å². The first-order valence-corrected chi connectivity index (χ1v) is 10.2. The number of piperidine rings is 1. The Morgan fingerprint density at radius 2 is 2.00 bits per heavy atom. The number of aromatic nitrogens is 2. The van der Waals surface area contributed by atoms with E-state index in [1.807, 2.05) is 16.7 Å². The molecule has 0 spiro atoms. The SMILES string of the molecule is CSCCN1CCC(Nc2cncc(C(=O)N3CCCC3)n2)CC1. The maximum Gasteiger partial charge on any atom is 0.274 e. The van der Waals surface area contributed by atoms with Crippen molar-refractivity contribution in [3.8, 4) is 0 Å². The van der Waals surface area contributed by atoms with Gasteiger partial charge in [0.2, 0.25) is 0 Å². The Morgan fingerprint density at radius 3 is 2.71 bits per heavy atom. The van der Waals surface area contributed by atoms with Crippen LogP contribution >= 0.6 is 11.8 Å². The monoisotopic (exact) mass is 349 g/mol. The summed E-state index contributed by atoms with van der Waals surface area (Å²) in [5.74, 6) is 1.93. The van der Waals surface area contributed by atoms with Crippen LogP contribution in [0.5, 0.6) is 0 Å². The molecule has 1 N–H and O–H groups in total. The molecule has 0 aromatic carbocycles. The minimum absolute atomic E-state index is 0.00975. The van der Waals surface area contributed by atoms with E-state index in [0.29, 0.717) is 11.7 Å². The zero-order valence-electron chi connectivity index (χ0n) is 14.4. The van der Waals surface area contributed by atoms with E-state index in [2.05, 4.69) is 26.4 Å². The van der Waals surface area contributed by atoms with Crippen LogP contribution in [0.3, 0.4) is 0 Å². The van der Waals surface area contributed by atoms with Crippen molar-refractivity contribution in [2.24, 2.45) is 0 Å². The van der Waals surface area contributed by atoms with E-state index in [-0.39, 0.29) is 5.91 Å². The standard InChI is InChI=1S/C17H27N5OS/c1-24-11-10-21-8-4-14(5-9-21)19-16-13-18-12-15(20-16)17(23)22-6-2-3-7-22/h12-14H,2-11H2,1H3,(H,19,20). The molecule has 1 aromatic rings. The summed E-state index contributed by atoms with van der Waals surface area (Å²) in [6.07, 6.45) is 9.86. The topological polar surface area (TPSA) is 61.4 Å². The molecule has 3 rings (SSSR count). The number of nitrogens with zero attached hydrogens (tertiary/aromatic N) is 4. The number of hydrogen-bond donors (Lipinski definition) is 1. The van der Waals surface area contributed by atoms with Gasteiger partial charge in [0.05, 0.1) is 12.4 Å². The van der Waals surface area contributed by atoms with Crippen molar-refractivity contribution in [2.45, 2.75) is 31.7 Å². The van der Waals surface area contributed by atoms with Crippen molar-refractivity contribution in [2.75, 3.05) is 50.0 Å². The van der Waals surface area contributed by atoms with E-state index in [1.54, 1.807) is 12.4 Å². The van der Waals surface area contributed by atoms with Gasteiger partial charge in [0, 0.05) is 44.5 Å². The van der Waals surface area contributed by atoms with Crippen molar-refractivity contribution in [1.82, 2.24) is 19.8 Å². The number of carbonyl (C=O) groups excluding carboxylic acids is 1. The number of nitrogens with one attached hydrogen (secondary N) is 1. The molecule has 2 aliphatic rings. The Labute approximate surface area is 148 Å². The lowest BCUT2D eigenvalue weighted by Gasteiger charge is -2.32. The van der Waals surface area contributed by atoms with Crippen molar-refractivity contribution in [1.29, 1.82) is 0 Å². The maximum absolute atomic E-state index is 12.4. The van der Waals surface area contributed by atoms with E-state index < -0.39 is 0 Å². The first kappa shape index (κ1) is 17.5. The van der Waals surface area contributed by atoms with E-state index in [9.17, 15) is 4.79 Å². The van der Waals surface area contributed by atoms with Crippen LogP contribution in [0.1, 0.15) is 36.2 Å². The van der Waals surface area contributed by atoms with Crippen LogP contribution in [-0.4, -0.2) is 76.4 Å². The molecule has 0 unspecified atom stereocenters. The minimum atomic E-state index is 0.00975. The first-order chi connectivity index (χ1) is 11.8. The number of hydrogen-bond acceptors (Lipinski definition) is 6. The van der Waals surface area contributed by atoms with Crippen LogP contribution in [0.15, 0.2) is 12.4 Å². The first-order valence-electron chi connectivity index (χ1n) is 8.85. The third-order valence-electron chi connectivity index (χ3n) is 4.80. The quantitative estimate of drug-likeness (QED) is 0.847. The lowest BCUT2D eigenvalue weighted by Crippen LogP contribution is -2.40. The number of carbonyl (C=O) groups is 1. The van der Waals surface area contributed by atoms with E-state index in [1.165, 1.54) is 12.3 Å². The fourth-order valence-corrected chi connectivity index (χ4v) is 3.79. The summed E-state index contributed by atoms with van der Waals surface area (Å²) in [5, 5.41) is 3.47. The average Bonchev–Trinajstić information content (AvgIpc) is 3.15. The van der Waals surface area contributed by atoms with E-state index in [0.717, 1.165) is 57.7 Å². The van der Waals surface area contributed by atoms with Gasteiger partial charge in [-0.3, -0.25) is 9.78 Å². The van der Waals surface area contributed by atoms with Gasteiger partial charge in [-0.05, 0) is 31.9 Å². The third-order valence-corrected chi connectivity index (χ3v) is 5.39. The van der Waals surface area contributed by atoms with Crippen LogP contribution in [0, 0.1) is 0 Å². The van der Waals surface area contributed by atoms with Crippen molar-refractivity contribution >= 4 is 23.5 Å². The Balaban J connectivity index is 1.52. The second-order valence-corrected chi connectivity index (χ2v) is 7.53. The van der Waals surface area contributed by atoms with Gasteiger partial charge in [-0.15, -0.1) is 0 Å². The summed E-state index contributed by atoms with van der Waals surface area (Å²) in [6.45, 7) is 5.10. The molecule has 7 heteroatoms.